The van der Waals surface area contributed by atoms with Crippen LogP contribution in [-0.4, -0.2) is 11.5 Å². The molecule has 0 saturated carbocycles. The lowest BCUT2D eigenvalue weighted by Crippen LogP contribution is -2.20. The largest absolute Gasteiger partial charge is 0.287 e. The minimum Gasteiger partial charge on any atom is -0.287 e. The van der Waals surface area contributed by atoms with Crippen LogP contribution in [0.25, 0.3) is 10.9 Å². The van der Waals surface area contributed by atoms with E-state index in [1.165, 1.54) is 0 Å². The molecule has 2 rings (SSSR count). The van der Waals surface area contributed by atoms with E-state index in [-0.39, 0.29) is 0 Å². The lowest BCUT2D eigenvalue weighted by atomic mass is 10.0. The van der Waals surface area contributed by atoms with E-state index in [4.69, 9.17) is 6.42 Å². The first-order valence-corrected chi connectivity index (χ1v) is 6.17. The Kier molecular flexibility index (Phi) is 3.94. The van der Waals surface area contributed by atoms with Gasteiger partial charge in [0, 0.05) is 21.6 Å². The molecule has 0 spiro atoms. The predicted octanol–water partition coefficient (Wildman–Crippen LogP) is 2.78. The Bertz CT molecular complexity index is 652. The summed E-state index contributed by atoms with van der Waals surface area (Å²) in [5.41, 5.74) is 1.65. The number of rotatable bonds is 3. The molecular formula is C14H10BrN3. The number of hydrogen-bond acceptors (Lipinski definition) is 3. The fraction of sp³-hybridized carbons (Fsp3) is 0.143. The van der Waals surface area contributed by atoms with Crippen LogP contribution in [0.2, 0.25) is 0 Å². The van der Waals surface area contributed by atoms with Gasteiger partial charge in [-0.3, -0.25) is 10.3 Å². The number of fused-ring (bicyclic) bond motifs is 1. The van der Waals surface area contributed by atoms with Gasteiger partial charge in [-0.05, 0) is 12.1 Å². The van der Waals surface area contributed by atoms with Crippen LogP contribution in [-0.2, 0) is 0 Å². The first-order chi connectivity index (χ1) is 8.77. The first-order valence-electron chi connectivity index (χ1n) is 5.37. The summed E-state index contributed by atoms with van der Waals surface area (Å²) in [6, 6.07) is 9.39. The molecule has 1 N–H and O–H groups in total. The lowest BCUT2D eigenvalue weighted by Gasteiger charge is -2.12. The summed E-state index contributed by atoms with van der Waals surface area (Å²) in [5.74, 6) is 2.47. The van der Waals surface area contributed by atoms with Crippen molar-refractivity contribution < 1.29 is 0 Å². The Balaban J connectivity index is 2.55. The van der Waals surface area contributed by atoms with Crippen molar-refractivity contribution in [2.24, 2.45) is 0 Å². The summed E-state index contributed by atoms with van der Waals surface area (Å²) in [4.78, 5) is 4.35. The Morgan fingerprint density at radius 2 is 2.28 bits per heavy atom. The van der Waals surface area contributed by atoms with Gasteiger partial charge in [-0.15, -0.1) is 6.42 Å². The molecule has 1 aromatic heterocycles. The normalized spacial score (nSPS) is 11.7. The molecule has 1 unspecified atom stereocenters. The lowest BCUT2D eigenvalue weighted by molar-refractivity contribution is 0.694. The van der Waals surface area contributed by atoms with Gasteiger partial charge in [0.25, 0.3) is 0 Å². The fourth-order valence-corrected chi connectivity index (χ4v) is 2.23. The Morgan fingerprint density at radius 1 is 1.44 bits per heavy atom. The topological polar surface area (TPSA) is 48.7 Å². The van der Waals surface area contributed by atoms with Crippen LogP contribution < -0.4 is 5.32 Å². The van der Waals surface area contributed by atoms with Crippen LogP contribution in [0.4, 0.5) is 0 Å². The molecule has 0 radical (unpaired) electrons. The van der Waals surface area contributed by atoms with E-state index in [2.05, 4.69) is 38.2 Å². The Labute approximate surface area is 114 Å². The van der Waals surface area contributed by atoms with Crippen LogP contribution in [0.5, 0.6) is 0 Å². The van der Waals surface area contributed by atoms with Crippen molar-refractivity contribution >= 4 is 26.8 Å². The molecule has 0 aliphatic carbocycles. The maximum atomic E-state index is 9.21. The number of benzene rings is 1. The fourth-order valence-electron chi connectivity index (χ4n) is 1.78. The Hall–Kier alpha value is -1.88. The minimum atomic E-state index is -0.452. The van der Waals surface area contributed by atoms with Gasteiger partial charge in [0.15, 0.2) is 0 Å². The monoisotopic (exact) mass is 299 g/mol. The SMILES string of the molecule is C#CCNC(C#N)c1ccc(Br)c2cccnc12. The average Bonchev–Trinajstić information content (AvgIpc) is 2.42. The molecule has 3 nitrogen and oxygen atoms in total. The zero-order valence-corrected chi connectivity index (χ0v) is 11.1. The van der Waals surface area contributed by atoms with Crippen molar-refractivity contribution in [1.29, 1.82) is 5.26 Å². The van der Waals surface area contributed by atoms with Crippen molar-refractivity contribution in [3.8, 4) is 18.4 Å². The van der Waals surface area contributed by atoms with Gasteiger partial charge in [0.05, 0.1) is 18.1 Å². The predicted molar refractivity (Wildman–Crippen MR) is 74.6 cm³/mol. The second-order valence-electron chi connectivity index (χ2n) is 3.68. The molecule has 1 heterocycles. The molecule has 88 valence electrons. The van der Waals surface area contributed by atoms with Crippen LogP contribution in [0, 0.1) is 23.7 Å². The van der Waals surface area contributed by atoms with Gasteiger partial charge in [-0.1, -0.05) is 34.0 Å². The highest BCUT2D eigenvalue weighted by molar-refractivity contribution is 9.10. The molecule has 0 fully saturated rings. The summed E-state index contributed by atoms with van der Waals surface area (Å²) >= 11 is 3.48. The first kappa shape index (κ1) is 12.6. The van der Waals surface area contributed by atoms with Crippen LogP contribution in [0.3, 0.4) is 0 Å². The van der Waals surface area contributed by atoms with Gasteiger partial charge in [-0.2, -0.15) is 5.26 Å². The number of aromatic nitrogens is 1. The summed E-state index contributed by atoms with van der Waals surface area (Å²) in [6.07, 6.45) is 6.92. The van der Waals surface area contributed by atoms with Gasteiger partial charge >= 0.3 is 0 Å². The second kappa shape index (κ2) is 5.64. The molecule has 0 saturated heterocycles. The van der Waals surface area contributed by atoms with E-state index < -0.39 is 6.04 Å². The minimum absolute atomic E-state index is 0.350. The molecular weight excluding hydrogens is 290 g/mol. The molecule has 0 amide bonds. The standard InChI is InChI=1S/C14H10BrN3/c1-2-7-17-13(9-16)11-5-6-12(15)10-4-3-8-18-14(10)11/h1,3-6,8,13,17H,7H2. The molecule has 1 aromatic carbocycles. The van der Waals surface area contributed by atoms with Gasteiger partial charge in [0.1, 0.15) is 6.04 Å². The Morgan fingerprint density at radius 3 is 3.00 bits per heavy atom. The summed E-state index contributed by atoms with van der Waals surface area (Å²) < 4.78 is 0.961. The molecule has 4 heteroatoms. The second-order valence-corrected chi connectivity index (χ2v) is 4.54. The summed E-state index contributed by atoms with van der Waals surface area (Å²) in [6.45, 7) is 0.350. The average molecular weight is 300 g/mol. The van der Waals surface area contributed by atoms with E-state index in [1.807, 2.05) is 24.3 Å². The van der Waals surface area contributed by atoms with Crippen molar-refractivity contribution in [3.05, 3.63) is 40.5 Å². The number of hydrogen-bond donors (Lipinski definition) is 1. The smallest absolute Gasteiger partial charge is 0.124 e. The van der Waals surface area contributed by atoms with E-state index in [0.29, 0.717) is 6.54 Å². The maximum absolute atomic E-state index is 9.21. The van der Waals surface area contributed by atoms with Gasteiger partial charge in [0.2, 0.25) is 0 Å². The van der Waals surface area contributed by atoms with Crippen LogP contribution in [0.15, 0.2) is 34.9 Å². The van der Waals surface area contributed by atoms with Crippen molar-refractivity contribution in [2.75, 3.05) is 6.54 Å². The third-order valence-electron chi connectivity index (χ3n) is 2.60. The van der Waals surface area contributed by atoms with Crippen LogP contribution in [0.1, 0.15) is 11.6 Å². The number of nitrogens with one attached hydrogen (secondary N) is 1. The number of nitriles is 1. The number of halogens is 1. The van der Waals surface area contributed by atoms with Crippen LogP contribution >= 0.6 is 15.9 Å². The summed E-state index contributed by atoms with van der Waals surface area (Å²) in [7, 11) is 0. The zero-order valence-electron chi connectivity index (χ0n) is 9.52. The van der Waals surface area contributed by atoms with Gasteiger partial charge in [-0.25, -0.2) is 0 Å². The molecule has 18 heavy (non-hydrogen) atoms. The van der Waals surface area contributed by atoms with E-state index in [0.717, 1.165) is 20.9 Å². The third-order valence-corrected chi connectivity index (χ3v) is 3.29. The highest BCUT2D eigenvalue weighted by Crippen LogP contribution is 2.28. The van der Waals surface area contributed by atoms with E-state index in [9.17, 15) is 5.26 Å². The number of nitrogens with zero attached hydrogens (tertiary/aromatic N) is 2. The highest BCUT2D eigenvalue weighted by atomic mass is 79.9. The van der Waals surface area contributed by atoms with E-state index >= 15 is 0 Å². The molecule has 1 atom stereocenters. The zero-order chi connectivity index (χ0) is 13.0. The van der Waals surface area contributed by atoms with Crippen molar-refractivity contribution in [2.45, 2.75) is 6.04 Å². The molecule has 0 bridgehead atoms. The summed E-state index contributed by atoms with van der Waals surface area (Å²) in [5, 5.41) is 13.2. The molecule has 0 aliphatic heterocycles. The molecule has 2 aromatic rings. The maximum Gasteiger partial charge on any atom is 0.124 e. The molecule has 0 aliphatic rings. The third kappa shape index (κ3) is 2.36. The highest BCUT2D eigenvalue weighted by Gasteiger charge is 2.14. The number of pyridine rings is 1. The van der Waals surface area contributed by atoms with Gasteiger partial charge < -0.3 is 0 Å². The van der Waals surface area contributed by atoms with Crippen molar-refractivity contribution in [3.63, 3.8) is 0 Å². The van der Waals surface area contributed by atoms with E-state index in [1.54, 1.807) is 6.20 Å². The quantitative estimate of drug-likeness (QED) is 0.887. The number of terminal acetylenes is 1. The van der Waals surface area contributed by atoms with Crippen molar-refractivity contribution in [1.82, 2.24) is 10.3 Å².